The molecule has 6 heteroatoms. The third-order valence-corrected chi connectivity index (χ3v) is 4.73. The molecule has 3 rings (SSSR count). The Morgan fingerprint density at radius 1 is 1.12 bits per heavy atom. The number of hydrogen-bond donors (Lipinski definition) is 0. The zero-order chi connectivity index (χ0) is 18.7. The fourth-order valence-corrected chi connectivity index (χ4v) is 3.48. The van der Waals surface area contributed by atoms with Gasteiger partial charge in [0.1, 0.15) is 5.75 Å². The molecule has 1 aromatic carbocycles. The molecular weight excluding hydrogens is 328 g/mol. The molecule has 0 unspecified atom stereocenters. The Morgan fingerprint density at radius 3 is 2.46 bits per heavy atom. The molecule has 6 nitrogen and oxygen atoms in total. The molecule has 0 aliphatic carbocycles. The van der Waals surface area contributed by atoms with Crippen molar-refractivity contribution >= 4 is 11.6 Å². The van der Waals surface area contributed by atoms with Crippen LogP contribution in [0.5, 0.6) is 5.75 Å². The third-order valence-electron chi connectivity index (χ3n) is 4.73. The van der Waals surface area contributed by atoms with Crippen molar-refractivity contribution < 1.29 is 4.74 Å². The lowest BCUT2D eigenvalue weighted by atomic mass is 10.2. The van der Waals surface area contributed by atoms with Crippen LogP contribution >= 0.6 is 0 Å². The molecule has 0 bridgehead atoms. The number of rotatable bonds is 6. The van der Waals surface area contributed by atoms with Crippen molar-refractivity contribution in [1.82, 2.24) is 14.5 Å². The highest BCUT2D eigenvalue weighted by atomic mass is 16.5. The summed E-state index contributed by atoms with van der Waals surface area (Å²) < 4.78 is 7.35. The SMILES string of the molecule is CCCN1CN(c2ccc(OCC)cc2)c2nc(C)c(CC)c(=O)n2C1. The van der Waals surface area contributed by atoms with E-state index in [1.165, 1.54) is 0 Å². The zero-order valence-corrected chi connectivity index (χ0v) is 16.2. The Kier molecular flexibility index (Phi) is 5.61. The number of benzene rings is 1. The van der Waals surface area contributed by atoms with E-state index in [4.69, 9.17) is 9.72 Å². The molecular formula is C20H28N4O2. The summed E-state index contributed by atoms with van der Waals surface area (Å²) >= 11 is 0. The second-order valence-corrected chi connectivity index (χ2v) is 6.59. The molecule has 0 amide bonds. The molecule has 0 N–H and O–H groups in total. The van der Waals surface area contributed by atoms with Gasteiger partial charge in [0.15, 0.2) is 0 Å². The van der Waals surface area contributed by atoms with Gasteiger partial charge in [-0.1, -0.05) is 13.8 Å². The Bertz CT molecular complexity index is 814. The molecule has 0 saturated carbocycles. The summed E-state index contributed by atoms with van der Waals surface area (Å²) in [6.45, 7) is 11.0. The Labute approximate surface area is 155 Å². The smallest absolute Gasteiger partial charge is 0.259 e. The van der Waals surface area contributed by atoms with Crippen LogP contribution in [0, 0.1) is 6.92 Å². The molecule has 0 saturated heterocycles. The van der Waals surface area contributed by atoms with Crippen molar-refractivity contribution in [1.29, 1.82) is 0 Å². The van der Waals surface area contributed by atoms with E-state index in [1.54, 1.807) is 4.57 Å². The molecule has 1 aromatic heterocycles. The van der Waals surface area contributed by atoms with Crippen molar-refractivity contribution in [3.05, 3.63) is 45.9 Å². The van der Waals surface area contributed by atoms with Crippen molar-refractivity contribution in [3.63, 3.8) is 0 Å². The summed E-state index contributed by atoms with van der Waals surface area (Å²) in [5.41, 5.74) is 2.72. The Morgan fingerprint density at radius 2 is 1.85 bits per heavy atom. The summed E-state index contributed by atoms with van der Waals surface area (Å²) in [4.78, 5) is 22.2. The molecule has 140 valence electrons. The van der Waals surface area contributed by atoms with Crippen LogP contribution in [0.25, 0.3) is 0 Å². The standard InChI is InChI=1S/C20H28N4O2/c1-5-12-22-13-23(16-8-10-17(11-9-16)26-7-3)20-21-15(4)18(6-2)19(25)24(20)14-22/h8-11H,5-7,12-14H2,1-4H3. The topological polar surface area (TPSA) is 50.6 Å². The number of anilines is 2. The van der Waals surface area contributed by atoms with Crippen LogP contribution in [0.3, 0.4) is 0 Å². The van der Waals surface area contributed by atoms with E-state index in [0.29, 0.717) is 19.7 Å². The van der Waals surface area contributed by atoms with E-state index < -0.39 is 0 Å². The first-order chi connectivity index (χ1) is 12.6. The van der Waals surface area contributed by atoms with Crippen molar-refractivity contribution in [3.8, 4) is 5.75 Å². The van der Waals surface area contributed by atoms with Gasteiger partial charge in [-0.2, -0.15) is 0 Å². The van der Waals surface area contributed by atoms with Gasteiger partial charge in [-0.3, -0.25) is 19.2 Å². The Balaban J connectivity index is 2.06. The number of hydrogen-bond acceptors (Lipinski definition) is 5. The second-order valence-electron chi connectivity index (χ2n) is 6.59. The van der Waals surface area contributed by atoms with Crippen LogP contribution in [-0.2, 0) is 13.1 Å². The van der Waals surface area contributed by atoms with Gasteiger partial charge in [0, 0.05) is 23.5 Å². The molecule has 1 aliphatic heterocycles. The van der Waals surface area contributed by atoms with E-state index in [2.05, 4.69) is 16.7 Å². The van der Waals surface area contributed by atoms with Crippen LogP contribution in [-0.4, -0.2) is 34.3 Å². The first-order valence-corrected chi connectivity index (χ1v) is 9.42. The summed E-state index contributed by atoms with van der Waals surface area (Å²) in [6, 6.07) is 7.99. The van der Waals surface area contributed by atoms with Gasteiger partial charge in [0.2, 0.25) is 5.95 Å². The monoisotopic (exact) mass is 356 g/mol. The normalized spacial score (nSPS) is 14.4. The fourth-order valence-electron chi connectivity index (χ4n) is 3.48. The fraction of sp³-hybridized carbons (Fsp3) is 0.500. The van der Waals surface area contributed by atoms with Crippen molar-refractivity contribution in [2.24, 2.45) is 0 Å². The highest BCUT2D eigenvalue weighted by molar-refractivity contribution is 5.59. The number of nitrogens with zero attached hydrogens (tertiary/aromatic N) is 4. The predicted octanol–water partition coefficient (Wildman–Crippen LogP) is 3.29. The molecule has 0 atom stereocenters. The lowest BCUT2D eigenvalue weighted by Gasteiger charge is -2.38. The zero-order valence-electron chi connectivity index (χ0n) is 16.2. The summed E-state index contributed by atoms with van der Waals surface area (Å²) in [7, 11) is 0. The molecule has 0 spiro atoms. The van der Waals surface area contributed by atoms with Crippen molar-refractivity contribution in [2.45, 2.75) is 47.2 Å². The number of aromatic nitrogens is 2. The maximum Gasteiger partial charge on any atom is 0.259 e. The maximum absolute atomic E-state index is 13.0. The lowest BCUT2D eigenvalue weighted by molar-refractivity contribution is 0.198. The summed E-state index contributed by atoms with van der Waals surface area (Å²) in [6.07, 6.45) is 1.75. The van der Waals surface area contributed by atoms with E-state index in [-0.39, 0.29) is 5.56 Å². The van der Waals surface area contributed by atoms with E-state index >= 15 is 0 Å². The van der Waals surface area contributed by atoms with E-state index in [9.17, 15) is 4.79 Å². The van der Waals surface area contributed by atoms with Crippen LogP contribution < -0.4 is 15.2 Å². The Hall–Kier alpha value is -2.34. The minimum Gasteiger partial charge on any atom is -0.494 e. The average molecular weight is 356 g/mol. The molecule has 26 heavy (non-hydrogen) atoms. The number of fused-ring (bicyclic) bond motifs is 1. The summed E-state index contributed by atoms with van der Waals surface area (Å²) in [5, 5.41) is 0. The van der Waals surface area contributed by atoms with Gasteiger partial charge in [-0.15, -0.1) is 0 Å². The highest BCUT2D eigenvalue weighted by Crippen LogP contribution is 2.29. The van der Waals surface area contributed by atoms with Gasteiger partial charge < -0.3 is 4.74 Å². The van der Waals surface area contributed by atoms with Crippen LogP contribution in [0.15, 0.2) is 29.1 Å². The van der Waals surface area contributed by atoms with Gasteiger partial charge in [-0.25, -0.2) is 4.98 Å². The first kappa shape index (κ1) is 18.5. The van der Waals surface area contributed by atoms with Crippen LogP contribution in [0.2, 0.25) is 0 Å². The van der Waals surface area contributed by atoms with E-state index in [0.717, 1.165) is 48.3 Å². The average Bonchev–Trinajstić information content (AvgIpc) is 2.63. The molecule has 1 aliphatic rings. The second kappa shape index (κ2) is 7.91. The molecule has 0 fully saturated rings. The quantitative estimate of drug-likeness (QED) is 0.795. The van der Waals surface area contributed by atoms with Gasteiger partial charge in [0.25, 0.3) is 5.56 Å². The molecule has 2 aromatic rings. The molecule has 0 radical (unpaired) electrons. The maximum atomic E-state index is 13.0. The predicted molar refractivity (Wildman–Crippen MR) is 104 cm³/mol. The van der Waals surface area contributed by atoms with Gasteiger partial charge in [-0.05, 0) is 51.0 Å². The van der Waals surface area contributed by atoms with Crippen LogP contribution in [0.4, 0.5) is 11.6 Å². The van der Waals surface area contributed by atoms with Gasteiger partial charge >= 0.3 is 0 Å². The summed E-state index contributed by atoms with van der Waals surface area (Å²) in [5.74, 6) is 1.57. The largest absolute Gasteiger partial charge is 0.494 e. The highest BCUT2D eigenvalue weighted by Gasteiger charge is 2.27. The number of aryl methyl sites for hydroxylation is 1. The minimum atomic E-state index is 0.0757. The minimum absolute atomic E-state index is 0.0757. The van der Waals surface area contributed by atoms with Crippen molar-refractivity contribution in [2.75, 3.05) is 24.7 Å². The van der Waals surface area contributed by atoms with Crippen LogP contribution in [0.1, 0.15) is 38.4 Å². The lowest BCUT2D eigenvalue weighted by Crippen LogP contribution is -2.48. The third kappa shape index (κ3) is 3.46. The number of ether oxygens (including phenoxy) is 1. The van der Waals surface area contributed by atoms with Gasteiger partial charge in [0.05, 0.1) is 19.9 Å². The first-order valence-electron chi connectivity index (χ1n) is 9.42. The van der Waals surface area contributed by atoms with E-state index in [1.807, 2.05) is 45.0 Å². The molecule has 2 heterocycles.